The van der Waals surface area contributed by atoms with Gasteiger partial charge in [0, 0.05) is 45.5 Å². The van der Waals surface area contributed by atoms with E-state index in [1.807, 2.05) is 0 Å². The van der Waals surface area contributed by atoms with E-state index < -0.39 is 63.5 Å². The minimum Gasteiger partial charge on any atom is -0.465 e. The average molecular weight is 823 g/mol. The molecule has 4 heterocycles. The lowest BCUT2D eigenvalue weighted by Gasteiger charge is -2.45. The third-order valence-electron chi connectivity index (χ3n) is 12.5. The van der Waals surface area contributed by atoms with Gasteiger partial charge in [0.2, 0.25) is 23.3 Å². The van der Waals surface area contributed by atoms with Crippen LogP contribution in [0.25, 0.3) is 44.2 Å². The number of hydrogen-bond acceptors (Lipinski definition) is 10. The first-order chi connectivity index (χ1) is 27.9. The maximum atomic E-state index is 14.7. The van der Waals surface area contributed by atoms with Crippen LogP contribution in [0.15, 0.2) is 36.4 Å². The van der Waals surface area contributed by atoms with Crippen LogP contribution in [-0.2, 0) is 16.0 Å². The Morgan fingerprint density at radius 2 is 1.12 bits per heavy atom. The highest BCUT2D eigenvalue weighted by atomic mass is 32.1. The maximum Gasteiger partial charge on any atom is 0.237 e. The number of ether oxygens (including phenoxy) is 2. The van der Waals surface area contributed by atoms with Crippen molar-refractivity contribution in [2.24, 2.45) is 0 Å². The van der Waals surface area contributed by atoms with Crippen molar-refractivity contribution in [3.8, 4) is 32.6 Å². The molecule has 6 aliphatic rings. The number of Topliss-reactive ketones (excluding diaryl/α,β-unsaturated/α-hetero) is 3. The Morgan fingerprint density at radius 1 is 0.621 bits per heavy atom. The lowest BCUT2D eigenvalue weighted by Crippen LogP contribution is -2.40. The first-order valence-electron chi connectivity index (χ1n) is 19.3. The zero-order chi connectivity index (χ0) is 39.8. The summed E-state index contributed by atoms with van der Waals surface area (Å²) < 4.78 is 71.9. The molecule has 292 valence electrons. The van der Waals surface area contributed by atoms with Crippen molar-refractivity contribution in [1.82, 2.24) is 9.97 Å². The van der Waals surface area contributed by atoms with Crippen LogP contribution < -0.4 is 9.47 Å². The molecule has 1 unspecified atom stereocenters. The van der Waals surface area contributed by atoms with Crippen molar-refractivity contribution in [3.63, 3.8) is 0 Å². The Kier molecular flexibility index (Phi) is 7.78. The summed E-state index contributed by atoms with van der Waals surface area (Å²) in [5.41, 5.74) is 1.31. The quantitative estimate of drug-likeness (QED) is 0.106. The number of nitrogens with zero attached hydrogens (tertiary/aromatic N) is 2. The predicted molar refractivity (Wildman–Crippen MR) is 208 cm³/mol. The van der Waals surface area contributed by atoms with E-state index >= 15 is 0 Å². The van der Waals surface area contributed by atoms with Gasteiger partial charge in [-0.1, -0.05) is 12.8 Å². The summed E-state index contributed by atoms with van der Waals surface area (Å²) in [4.78, 5) is 49.9. The van der Waals surface area contributed by atoms with Crippen molar-refractivity contribution in [2.45, 2.75) is 81.5 Å². The topological polar surface area (TPSA) is 116 Å². The van der Waals surface area contributed by atoms with Crippen molar-refractivity contribution in [3.05, 3.63) is 103 Å². The third kappa shape index (κ3) is 5.10. The van der Waals surface area contributed by atoms with Gasteiger partial charge in [-0.2, -0.15) is 0 Å². The van der Waals surface area contributed by atoms with Gasteiger partial charge in [-0.3, -0.25) is 14.4 Å². The van der Waals surface area contributed by atoms with E-state index in [9.17, 15) is 37.1 Å². The number of allylic oxidation sites excluding steroid dienone is 1. The first-order valence-corrected chi connectivity index (χ1v) is 20.9. The van der Waals surface area contributed by atoms with Crippen LogP contribution in [-0.4, -0.2) is 38.5 Å². The number of ketones is 3. The lowest BCUT2D eigenvalue weighted by atomic mass is 9.71. The molecule has 58 heavy (non-hydrogen) atoms. The van der Waals surface area contributed by atoms with Crippen LogP contribution in [0.5, 0.6) is 11.8 Å². The van der Waals surface area contributed by atoms with E-state index in [0.717, 1.165) is 103 Å². The first kappa shape index (κ1) is 35.8. The Balaban J connectivity index is 1.08. The van der Waals surface area contributed by atoms with Crippen molar-refractivity contribution in [1.29, 1.82) is 0 Å². The summed E-state index contributed by atoms with van der Waals surface area (Å²) in [5, 5.41) is 11.6. The number of rotatable bonds is 2. The molecule has 2 fully saturated rings. The Hall–Kier alpha value is -5.31. The zero-order valence-corrected chi connectivity index (χ0v) is 32.1. The molecular formula is C44H30F4N2O6S2. The number of fused-ring (bicyclic) bond motifs is 10. The van der Waals surface area contributed by atoms with Crippen molar-refractivity contribution >= 4 is 63.3 Å². The van der Waals surface area contributed by atoms with E-state index in [4.69, 9.17) is 19.4 Å². The molecular weight excluding hydrogens is 793 g/mol. The lowest BCUT2D eigenvalue weighted by molar-refractivity contribution is -0.109. The molecule has 14 heteroatoms. The molecule has 1 N–H and O–H groups in total. The van der Waals surface area contributed by atoms with Crippen LogP contribution in [0, 0.1) is 23.3 Å². The number of benzene rings is 3. The monoisotopic (exact) mass is 822 g/mol. The maximum absolute atomic E-state index is 14.7. The van der Waals surface area contributed by atoms with E-state index in [2.05, 4.69) is 12.1 Å². The van der Waals surface area contributed by atoms with Gasteiger partial charge in [0.15, 0.2) is 5.78 Å². The molecule has 0 saturated heterocycles. The average Bonchev–Trinajstić information content (AvgIpc) is 3.92. The van der Waals surface area contributed by atoms with E-state index in [1.165, 1.54) is 34.8 Å². The van der Waals surface area contributed by atoms with Gasteiger partial charge >= 0.3 is 0 Å². The van der Waals surface area contributed by atoms with Gasteiger partial charge < -0.3 is 14.6 Å². The standard InChI is InChI=1S/C44H30F4N2O6S2/c45-19-11-21-23(35(51)37(53)33(21)29(47)13-19)17-31-49-41-39(57-31)25-16-28-26(15-27(25)43(55-41)7-3-1-4-8-43)40-42(56-44(28)9-5-2-6-10-44)50-32(58-40)18-24-22-12-20(46)14-30(48)34(22)38(54)36(24)52/h11-18,35,51H,1-10H2/b23-17-,24-18-. The molecule has 0 bridgehead atoms. The summed E-state index contributed by atoms with van der Waals surface area (Å²) in [6, 6.07) is 7.58. The van der Waals surface area contributed by atoms with Crippen molar-refractivity contribution in [2.75, 3.05) is 0 Å². The second kappa shape index (κ2) is 12.6. The van der Waals surface area contributed by atoms with Crippen LogP contribution in [0.4, 0.5) is 17.6 Å². The normalized spacial score (nSPS) is 22.1. The largest absolute Gasteiger partial charge is 0.465 e. The minimum atomic E-state index is -1.68. The minimum absolute atomic E-state index is 0.0125. The van der Waals surface area contributed by atoms with Crippen LogP contribution in [0.2, 0.25) is 0 Å². The number of carbonyl (C=O) groups excluding carboxylic acids is 3. The predicted octanol–water partition coefficient (Wildman–Crippen LogP) is 10.00. The molecule has 2 aliphatic heterocycles. The SMILES string of the molecule is O=C1C(=O)c2c(F)cc(F)cc2/C1=C/c1nc2c(s1)-c1cc3c(cc1C1(CCCCC1)O2)-c1sc(/C=C2/c4cc(F)cc(F)c4C(=O)C2O)nc1OC31CCCCC1. The molecule has 2 spiro atoms. The molecule has 11 rings (SSSR count). The fourth-order valence-electron chi connectivity index (χ4n) is 9.85. The number of halogens is 4. The molecule has 0 amide bonds. The van der Waals surface area contributed by atoms with E-state index in [-0.39, 0.29) is 27.8 Å². The smallest absolute Gasteiger partial charge is 0.237 e. The highest BCUT2D eigenvalue weighted by molar-refractivity contribution is 7.17. The fourth-order valence-corrected chi connectivity index (χ4v) is 11.8. The zero-order valence-electron chi connectivity index (χ0n) is 30.5. The summed E-state index contributed by atoms with van der Waals surface area (Å²) in [6.07, 6.45) is 9.86. The molecule has 2 aromatic heterocycles. The highest BCUT2D eigenvalue weighted by Crippen LogP contribution is 2.59. The van der Waals surface area contributed by atoms with Gasteiger partial charge in [0.1, 0.15) is 50.6 Å². The fraction of sp³-hybridized carbons (Fsp3) is 0.295. The Bertz CT molecular complexity index is 2790. The molecule has 3 aromatic carbocycles. The second-order valence-electron chi connectivity index (χ2n) is 15.8. The molecule has 0 radical (unpaired) electrons. The Labute approximate surface area is 335 Å². The number of aromatic nitrogens is 2. The molecule has 1 atom stereocenters. The molecule has 5 aromatic rings. The number of aliphatic hydroxyl groups is 1. The number of hydrogen-bond donors (Lipinski definition) is 1. The molecule has 8 nitrogen and oxygen atoms in total. The summed E-state index contributed by atoms with van der Waals surface area (Å²) in [6.45, 7) is 0. The third-order valence-corrected chi connectivity index (χ3v) is 14.5. The van der Waals surface area contributed by atoms with E-state index in [1.54, 1.807) is 0 Å². The van der Waals surface area contributed by atoms with Gasteiger partial charge in [0.25, 0.3) is 0 Å². The highest BCUT2D eigenvalue weighted by Gasteiger charge is 2.49. The van der Waals surface area contributed by atoms with Gasteiger partial charge in [-0.05, 0) is 98.9 Å². The number of aliphatic hydroxyl groups excluding tert-OH is 1. The second-order valence-corrected chi connectivity index (χ2v) is 17.9. The molecule has 2 saturated carbocycles. The van der Waals surface area contributed by atoms with Crippen LogP contribution in [0.1, 0.15) is 117 Å². The number of thiazole rings is 2. The summed E-state index contributed by atoms with van der Waals surface area (Å²) in [5.74, 6) is -5.92. The molecule has 4 aliphatic carbocycles. The van der Waals surface area contributed by atoms with Gasteiger partial charge in [-0.15, -0.1) is 22.7 Å². The van der Waals surface area contributed by atoms with Gasteiger partial charge in [0.05, 0.1) is 20.9 Å². The van der Waals surface area contributed by atoms with Crippen LogP contribution in [0.3, 0.4) is 0 Å². The number of carbonyl (C=O) groups is 3. The van der Waals surface area contributed by atoms with Crippen LogP contribution >= 0.6 is 22.7 Å². The van der Waals surface area contributed by atoms with Crippen molar-refractivity contribution < 1.29 is 46.5 Å². The summed E-state index contributed by atoms with van der Waals surface area (Å²) in [7, 11) is 0. The van der Waals surface area contributed by atoms with E-state index in [0.29, 0.717) is 38.8 Å². The Morgan fingerprint density at radius 3 is 1.67 bits per heavy atom. The van der Waals surface area contributed by atoms with Gasteiger partial charge in [-0.25, -0.2) is 27.5 Å². The summed E-state index contributed by atoms with van der Waals surface area (Å²) >= 11 is 2.56.